The number of carbonyl (C=O) groups excluding carboxylic acids is 2. The number of amides is 1. The molecular formula is C15H17Cl2NO3. The standard InChI is InChI=1S/C15H17Cl2NO3/c1-2-21-15(20)10-4-3-7-18(9-10)14(19)12-6-5-11(16)8-13(12)17/h5-6,8,10H,2-4,7,9H2,1H3/t10-/m1/s1. The van der Waals surface area contributed by atoms with Gasteiger partial charge in [-0.15, -0.1) is 0 Å². The molecule has 0 unspecified atom stereocenters. The van der Waals surface area contributed by atoms with Gasteiger partial charge in [-0.05, 0) is 38.0 Å². The molecule has 0 N–H and O–H groups in total. The van der Waals surface area contributed by atoms with E-state index in [1.54, 1.807) is 30.0 Å². The minimum Gasteiger partial charge on any atom is -0.466 e. The van der Waals surface area contributed by atoms with Crippen LogP contribution in [-0.4, -0.2) is 36.5 Å². The Kier molecular flexibility index (Phi) is 5.48. The van der Waals surface area contributed by atoms with Crippen molar-refractivity contribution in [3.63, 3.8) is 0 Å². The van der Waals surface area contributed by atoms with E-state index in [1.165, 1.54) is 0 Å². The SMILES string of the molecule is CCOC(=O)[C@@H]1CCCN(C(=O)c2ccc(Cl)cc2Cl)C1. The second-order valence-corrected chi connectivity index (χ2v) is 5.81. The van der Waals surface area contributed by atoms with E-state index in [9.17, 15) is 9.59 Å². The number of piperidine rings is 1. The second-order valence-electron chi connectivity index (χ2n) is 4.97. The van der Waals surface area contributed by atoms with Crippen molar-refractivity contribution in [2.45, 2.75) is 19.8 Å². The summed E-state index contributed by atoms with van der Waals surface area (Å²) in [5.41, 5.74) is 0.408. The molecule has 114 valence electrons. The third-order valence-corrected chi connectivity index (χ3v) is 4.04. The number of benzene rings is 1. The molecule has 6 heteroatoms. The smallest absolute Gasteiger partial charge is 0.310 e. The minimum atomic E-state index is -0.256. The summed E-state index contributed by atoms with van der Waals surface area (Å²) in [5, 5.41) is 0.811. The number of ether oxygens (including phenoxy) is 1. The van der Waals surface area contributed by atoms with Gasteiger partial charge in [0.05, 0.1) is 23.1 Å². The van der Waals surface area contributed by atoms with Crippen LogP contribution in [-0.2, 0) is 9.53 Å². The number of rotatable bonds is 3. The number of likely N-dealkylation sites (tertiary alicyclic amines) is 1. The largest absolute Gasteiger partial charge is 0.466 e. The Bertz CT molecular complexity index is 548. The van der Waals surface area contributed by atoms with E-state index in [0.29, 0.717) is 35.3 Å². The molecule has 1 aromatic carbocycles. The molecule has 1 aliphatic rings. The molecule has 2 rings (SSSR count). The predicted octanol–water partition coefficient (Wildman–Crippen LogP) is 3.41. The zero-order valence-electron chi connectivity index (χ0n) is 11.8. The molecule has 1 atom stereocenters. The summed E-state index contributed by atoms with van der Waals surface area (Å²) in [6.45, 7) is 3.12. The van der Waals surface area contributed by atoms with Crippen LogP contribution in [0.2, 0.25) is 10.0 Å². The van der Waals surface area contributed by atoms with Crippen LogP contribution in [0.25, 0.3) is 0 Å². The fourth-order valence-corrected chi connectivity index (χ4v) is 2.94. The molecule has 0 radical (unpaired) electrons. The Morgan fingerprint density at radius 3 is 2.81 bits per heavy atom. The first-order chi connectivity index (χ1) is 10.0. The fraction of sp³-hybridized carbons (Fsp3) is 0.467. The highest BCUT2D eigenvalue weighted by Gasteiger charge is 2.30. The van der Waals surface area contributed by atoms with Gasteiger partial charge in [-0.1, -0.05) is 23.2 Å². The lowest BCUT2D eigenvalue weighted by atomic mass is 9.97. The monoisotopic (exact) mass is 329 g/mol. The minimum absolute atomic E-state index is 0.175. The summed E-state index contributed by atoms with van der Waals surface area (Å²) in [7, 11) is 0. The second kappa shape index (κ2) is 7.14. The molecule has 1 aliphatic heterocycles. The van der Waals surface area contributed by atoms with Crippen LogP contribution in [0.1, 0.15) is 30.1 Å². The van der Waals surface area contributed by atoms with Gasteiger partial charge >= 0.3 is 5.97 Å². The maximum Gasteiger partial charge on any atom is 0.310 e. The maximum absolute atomic E-state index is 12.5. The van der Waals surface area contributed by atoms with Gasteiger partial charge in [0, 0.05) is 18.1 Å². The van der Waals surface area contributed by atoms with Crippen molar-refractivity contribution < 1.29 is 14.3 Å². The molecule has 1 saturated heterocycles. The van der Waals surface area contributed by atoms with E-state index in [4.69, 9.17) is 27.9 Å². The zero-order valence-corrected chi connectivity index (χ0v) is 13.3. The average Bonchev–Trinajstić information content (AvgIpc) is 2.47. The molecule has 1 amide bonds. The van der Waals surface area contributed by atoms with Gasteiger partial charge in [0.15, 0.2) is 0 Å². The van der Waals surface area contributed by atoms with Crippen LogP contribution < -0.4 is 0 Å². The van der Waals surface area contributed by atoms with Crippen molar-refractivity contribution in [2.75, 3.05) is 19.7 Å². The maximum atomic E-state index is 12.5. The molecule has 0 aromatic heterocycles. The van der Waals surface area contributed by atoms with Crippen molar-refractivity contribution >= 4 is 35.1 Å². The van der Waals surface area contributed by atoms with Crippen molar-refractivity contribution in [2.24, 2.45) is 5.92 Å². The Morgan fingerprint density at radius 2 is 2.14 bits per heavy atom. The van der Waals surface area contributed by atoms with Crippen LogP contribution >= 0.6 is 23.2 Å². The van der Waals surface area contributed by atoms with Gasteiger partial charge < -0.3 is 9.64 Å². The summed E-state index contributed by atoms with van der Waals surface area (Å²) in [6, 6.07) is 4.79. The highest BCUT2D eigenvalue weighted by atomic mass is 35.5. The summed E-state index contributed by atoms with van der Waals surface area (Å²) < 4.78 is 5.03. The lowest BCUT2D eigenvalue weighted by Crippen LogP contribution is -2.42. The van der Waals surface area contributed by atoms with Crippen molar-refractivity contribution in [3.8, 4) is 0 Å². The molecule has 0 spiro atoms. The predicted molar refractivity (Wildman–Crippen MR) is 81.7 cm³/mol. The van der Waals surface area contributed by atoms with Gasteiger partial charge in [0.1, 0.15) is 0 Å². The van der Waals surface area contributed by atoms with Crippen LogP contribution in [0.15, 0.2) is 18.2 Å². The van der Waals surface area contributed by atoms with E-state index in [-0.39, 0.29) is 17.8 Å². The molecule has 0 aliphatic carbocycles. The number of esters is 1. The van der Waals surface area contributed by atoms with E-state index in [1.807, 2.05) is 0 Å². The van der Waals surface area contributed by atoms with E-state index < -0.39 is 0 Å². The van der Waals surface area contributed by atoms with Crippen molar-refractivity contribution in [1.82, 2.24) is 4.90 Å². The molecule has 0 saturated carbocycles. The van der Waals surface area contributed by atoms with E-state index >= 15 is 0 Å². The van der Waals surface area contributed by atoms with E-state index in [2.05, 4.69) is 0 Å². The lowest BCUT2D eigenvalue weighted by Gasteiger charge is -2.31. The topological polar surface area (TPSA) is 46.6 Å². The molecule has 0 bridgehead atoms. The first kappa shape index (κ1) is 16.1. The van der Waals surface area contributed by atoms with Crippen LogP contribution in [0.5, 0.6) is 0 Å². The highest BCUT2D eigenvalue weighted by Crippen LogP contribution is 2.25. The Labute approximate surface area is 134 Å². The number of hydrogen-bond acceptors (Lipinski definition) is 3. The van der Waals surface area contributed by atoms with Gasteiger partial charge in [0.25, 0.3) is 5.91 Å². The highest BCUT2D eigenvalue weighted by molar-refractivity contribution is 6.36. The molecule has 4 nitrogen and oxygen atoms in total. The van der Waals surface area contributed by atoms with Gasteiger partial charge in [0.2, 0.25) is 0 Å². The zero-order chi connectivity index (χ0) is 15.4. The normalized spacial score (nSPS) is 18.4. The average molecular weight is 330 g/mol. The van der Waals surface area contributed by atoms with Crippen LogP contribution in [0.4, 0.5) is 0 Å². The molecule has 21 heavy (non-hydrogen) atoms. The Balaban J connectivity index is 2.10. The first-order valence-electron chi connectivity index (χ1n) is 6.94. The fourth-order valence-electron chi connectivity index (χ4n) is 2.45. The quantitative estimate of drug-likeness (QED) is 0.798. The number of nitrogens with zero attached hydrogens (tertiary/aromatic N) is 1. The number of carbonyl (C=O) groups is 2. The lowest BCUT2D eigenvalue weighted by molar-refractivity contribution is -0.149. The van der Waals surface area contributed by atoms with Gasteiger partial charge in [-0.25, -0.2) is 0 Å². The summed E-state index contributed by atoms with van der Waals surface area (Å²) in [4.78, 5) is 26.0. The number of halogens is 2. The van der Waals surface area contributed by atoms with Gasteiger partial charge in [-0.2, -0.15) is 0 Å². The van der Waals surface area contributed by atoms with Crippen LogP contribution in [0, 0.1) is 5.92 Å². The Morgan fingerprint density at radius 1 is 1.38 bits per heavy atom. The van der Waals surface area contributed by atoms with Crippen molar-refractivity contribution in [1.29, 1.82) is 0 Å². The summed E-state index contributed by atoms with van der Waals surface area (Å²) in [6.07, 6.45) is 1.53. The molecular weight excluding hydrogens is 313 g/mol. The molecule has 1 heterocycles. The third-order valence-electron chi connectivity index (χ3n) is 3.49. The summed E-state index contributed by atoms with van der Waals surface area (Å²) >= 11 is 11.9. The van der Waals surface area contributed by atoms with Gasteiger partial charge in [-0.3, -0.25) is 9.59 Å². The molecule has 1 aromatic rings. The summed E-state index contributed by atoms with van der Waals surface area (Å²) in [5.74, 6) is -0.670. The molecule has 1 fully saturated rings. The number of hydrogen-bond donors (Lipinski definition) is 0. The van der Waals surface area contributed by atoms with Crippen LogP contribution in [0.3, 0.4) is 0 Å². The Hall–Kier alpha value is -1.26. The third kappa shape index (κ3) is 3.89. The van der Waals surface area contributed by atoms with E-state index in [0.717, 1.165) is 12.8 Å². The first-order valence-corrected chi connectivity index (χ1v) is 7.69. The van der Waals surface area contributed by atoms with Crippen molar-refractivity contribution in [3.05, 3.63) is 33.8 Å².